The molecular formula is C19H27FN2O3. The van der Waals surface area contributed by atoms with Gasteiger partial charge in [-0.1, -0.05) is 6.07 Å². The van der Waals surface area contributed by atoms with Gasteiger partial charge in [-0.2, -0.15) is 0 Å². The van der Waals surface area contributed by atoms with Gasteiger partial charge in [0.15, 0.2) is 11.6 Å². The molecule has 2 N–H and O–H groups in total. The van der Waals surface area contributed by atoms with Gasteiger partial charge in [0.25, 0.3) is 0 Å². The summed E-state index contributed by atoms with van der Waals surface area (Å²) in [6, 6.07) is 5.17. The van der Waals surface area contributed by atoms with E-state index in [-0.39, 0.29) is 23.7 Å². The van der Waals surface area contributed by atoms with Crippen molar-refractivity contribution in [1.82, 2.24) is 4.90 Å². The smallest absolute Gasteiger partial charge is 0.223 e. The number of nitrogens with zero attached hydrogens (tertiary/aromatic N) is 1. The summed E-state index contributed by atoms with van der Waals surface area (Å²) in [7, 11) is 0. The molecule has 25 heavy (non-hydrogen) atoms. The first-order valence-corrected chi connectivity index (χ1v) is 9.13. The topological polar surface area (TPSA) is 64.8 Å². The SMILES string of the molecule is CCOc1ccc(CN2CCC([C@H]3OCC[C@@H]3C(N)=O)CC2)cc1F. The first-order valence-electron chi connectivity index (χ1n) is 9.13. The van der Waals surface area contributed by atoms with E-state index in [9.17, 15) is 9.18 Å². The molecule has 0 saturated carbocycles. The Morgan fingerprint density at radius 3 is 2.76 bits per heavy atom. The van der Waals surface area contributed by atoms with Crippen LogP contribution in [0.15, 0.2) is 18.2 Å². The van der Waals surface area contributed by atoms with Crippen LogP contribution in [0.4, 0.5) is 4.39 Å². The summed E-state index contributed by atoms with van der Waals surface area (Å²) in [5.41, 5.74) is 6.45. The molecule has 2 heterocycles. The molecule has 5 nitrogen and oxygen atoms in total. The average molecular weight is 350 g/mol. The van der Waals surface area contributed by atoms with Gasteiger partial charge in [0.2, 0.25) is 5.91 Å². The number of hydrogen-bond donors (Lipinski definition) is 1. The molecule has 1 amide bonds. The van der Waals surface area contributed by atoms with E-state index in [0.717, 1.165) is 44.5 Å². The standard InChI is InChI=1S/C19H27FN2O3/c1-2-24-17-4-3-13(11-16(17)20)12-22-8-5-14(6-9-22)18-15(19(21)23)7-10-25-18/h3-4,11,14-15,18H,2,5-10,12H2,1H3,(H2,21,23)/t15-,18+/m0/s1. The number of halogens is 1. The highest BCUT2D eigenvalue weighted by atomic mass is 19.1. The number of primary amides is 1. The second-order valence-corrected chi connectivity index (χ2v) is 6.94. The van der Waals surface area contributed by atoms with E-state index in [1.165, 1.54) is 0 Å². The van der Waals surface area contributed by atoms with Gasteiger partial charge in [0.1, 0.15) is 0 Å². The summed E-state index contributed by atoms with van der Waals surface area (Å²) in [6.45, 7) is 5.49. The highest BCUT2D eigenvalue weighted by Crippen LogP contribution is 2.33. The van der Waals surface area contributed by atoms with Gasteiger partial charge >= 0.3 is 0 Å². The van der Waals surface area contributed by atoms with Crippen LogP contribution in [0.2, 0.25) is 0 Å². The van der Waals surface area contributed by atoms with E-state index in [2.05, 4.69) is 4.90 Å². The van der Waals surface area contributed by atoms with Crippen LogP contribution >= 0.6 is 0 Å². The molecular weight excluding hydrogens is 323 g/mol. The number of piperidine rings is 1. The van der Waals surface area contributed by atoms with Crippen LogP contribution in [0.1, 0.15) is 31.7 Å². The van der Waals surface area contributed by atoms with Gasteiger partial charge in [-0.15, -0.1) is 0 Å². The van der Waals surface area contributed by atoms with Crippen molar-refractivity contribution in [3.8, 4) is 5.75 Å². The first kappa shape index (κ1) is 18.1. The van der Waals surface area contributed by atoms with Crippen molar-refractivity contribution < 1.29 is 18.7 Å². The molecule has 2 atom stereocenters. The van der Waals surface area contributed by atoms with Crippen LogP contribution in [0.3, 0.4) is 0 Å². The molecule has 0 radical (unpaired) electrons. The third-order valence-corrected chi connectivity index (χ3v) is 5.30. The molecule has 2 aliphatic heterocycles. The largest absolute Gasteiger partial charge is 0.491 e. The number of nitrogens with two attached hydrogens (primary N) is 1. The van der Waals surface area contributed by atoms with Crippen molar-refractivity contribution in [2.24, 2.45) is 17.6 Å². The highest BCUT2D eigenvalue weighted by molar-refractivity contribution is 5.77. The zero-order valence-corrected chi connectivity index (χ0v) is 14.7. The molecule has 6 heteroatoms. The Kier molecular flexibility index (Phi) is 5.91. The number of rotatable bonds is 6. The van der Waals surface area contributed by atoms with Gasteiger partial charge < -0.3 is 15.2 Å². The van der Waals surface area contributed by atoms with E-state index >= 15 is 0 Å². The Labute approximate surface area is 148 Å². The monoisotopic (exact) mass is 350 g/mol. The molecule has 3 rings (SSSR count). The second-order valence-electron chi connectivity index (χ2n) is 6.94. The van der Waals surface area contributed by atoms with Gasteiger partial charge in [-0.3, -0.25) is 9.69 Å². The minimum absolute atomic E-state index is 0.0254. The summed E-state index contributed by atoms with van der Waals surface area (Å²) in [6.07, 6.45) is 2.68. The van der Waals surface area contributed by atoms with E-state index in [4.69, 9.17) is 15.2 Å². The van der Waals surface area contributed by atoms with Crippen molar-refractivity contribution >= 4 is 5.91 Å². The van der Waals surface area contributed by atoms with E-state index < -0.39 is 0 Å². The molecule has 138 valence electrons. The number of carbonyl (C=O) groups is 1. The summed E-state index contributed by atoms with van der Waals surface area (Å²) in [5.74, 6) is -0.00131. The Morgan fingerprint density at radius 2 is 2.12 bits per heavy atom. The van der Waals surface area contributed by atoms with Crippen molar-refractivity contribution in [2.45, 2.75) is 38.8 Å². The molecule has 2 aliphatic rings. The fourth-order valence-electron chi connectivity index (χ4n) is 3.99. The van der Waals surface area contributed by atoms with Crippen molar-refractivity contribution in [3.05, 3.63) is 29.6 Å². The van der Waals surface area contributed by atoms with Crippen molar-refractivity contribution in [2.75, 3.05) is 26.3 Å². The molecule has 0 aromatic heterocycles. The Bertz CT molecular complexity index is 602. The Hall–Kier alpha value is -1.66. The zero-order chi connectivity index (χ0) is 17.8. The predicted molar refractivity (Wildman–Crippen MR) is 92.6 cm³/mol. The first-order chi connectivity index (χ1) is 12.1. The van der Waals surface area contributed by atoms with E-state index in [1.54, 1.807) is 12.1 Å². The lowest BCUT2D eigenvalue weighted by molar-refractivity contribution is -0.124. The highest BCUT2D eigenvalue weighted by Gasteiger charge is 2.39. The molecule has 1 aromatic rings. The van der Waals surface area contributed by atoms with Gasteiger partial charge in [-0.25, -0.2) is 4.39 Å². The van der Waals surface area contributed by atoms with Crippen LogP contribution < -0.4 is 10.5 Å². The third-order valence-electron chi connectivity index (χ3n) is 5.30. The lowest BCUT2D eigenvalue weighted by Gasteiger charge is -2.35. The number of benzene rings is 1. The van der Waals surface area contributed by atoms with Crippen LogP contribution in [0.5, 0.6) is 5.75 Å². The van der Waals surface area contributed by atoms with Crippen LogP contribution in [-0.2, 0) is 16.1 Å². The predicted octanol–water partition coefficient (Wildman–Crippen LogP) is 2.33. The van der Waals surface area contributed by atoms with Gasteiger partial charge in [-0.05, 0) is 62.9 Å². The van der Waals surface area contributed by atoms with Crippen LogP contribution in [0.25, 0.3) is 0 Å². The molecule has 1 aromatic carbocycles. The summed E-state index contributed by atoms with van der Waals surface area (Å²) < 4.78 is 25.0. The minimum Gasteiger partial charge on any atom is -0.491 e. The number of carbonyl (C=O) groups excluding carboxylic acids is 1. The van der Waals surface area contributed by atoms with Crippen molar-refractivity contribution in [3.63, 3.8) is 0 Å². The summed E-state index contributed by atoms with van der Waals surface area (Å²) in [4.78, 5) is 13.9. The quantitative estimate of drug-likeness (QED) is 0.855. The Balaban J connectivity index is 1.53. The maximum atomic E-state index is 14.0. The number of ether oxygens (including phenoxy) is 2. The molecule has 2 fully saturated rings. The summed E-state index contributed by atoms with van der Waals surface area (Å²) in [5, 5.41) is 0. The maximum Gasteiger partial charge on any atom is 0.223 e. The fourth-order valence-corrected chi connectivity index (χ4v) is 3.99. The molecule has 0 spiro atoms. The van der Waals surface area contributed by atoms with E-state index in [0.29, 0.717) is 24.9 Å². The minimum atomic E-state index is -0.308. The normalized spacial score (nSPS) is 25.2. The fraction of sp³-hybridized carbons (Fsp3) is 0.632. The van der Waals surface area contributed by atoms with Crippen LogP contribution in [0, 0.1) is 17.7 Å². The van der Waals surface area contributed by atoms with Gasteiger partial charge in [0.05, 0.1) is 18.6 Å². The Morgan fingerprint density at radius 1 is 1.36 bits per heavy atom. The summed E-state index contributed by atoms with van der Waals surface area (Å²) >= 11 is 0. The number of amides is 1. The number of likely N-dealkylation sites (tertiary alicyclic amines) is 1. The van der Waals surface area contributed by atoms with Gasteiger partial charge in [0, 0.05) is 13.2 Å². The average Bonchev–Trinajstić information content (AvgIpc) is 3.08. The van der Waals surface area contributed by atoms with Crippen molar-refractivity contribution in [1.29, 1.82) is 0 Å². The van der Waals surface area contributed by atoms with E-state index in [1.807, 2.05) is 13.0 Å². The molecule has 2 saturated heterocycles. The number of hydrogen-bond acceptors (Lipinski definition) is 4. The lowest BCUT2D eigenvalue weighted by Crippen LogP contribution is -2.41. The lowest BCUT2D eigenvalue weighted by atomic mass is 9.84. The second kappa shape index (κ2) is 8.15. The third kappa shape index (κ3) is 4.30. The van der Waals surface area contributed by atoms with Crippen LogP contribution in [-0.4, -0.2) is 43.2 Å². The molecule has 0 unspecified atom stereocenters. The molecule has 0 bridgehead atoms. The maximum absolute atomic E-state index is 14.0. The zero-order valence-electron chi connectivity index (χ0n) is 14.7. The molecule has 0 aliphatic carbocycles.